The van der Waals surface area contributed by atoms with Gasteiger partial charge in [-0.25, -0.2) is 4.39 Å². The van der Waals surface area contributed by atoms with E-state index in [0.717, 1.165) is 49.2 Å². The molecule has 4 heteroatoms. The molecule has 0 saturated carbocycles. The lowest BCUT2D eigenvalue weighted by Gasteiger charge is -2.33. The van der Waals surface area contributed by atoms with E-state index in [9.17, 15) is 9.50 Å². The Kier molecular flexibility index (Phi) is 7.35. The summed E-state index contributed by atoms with van der Waals surface area (Å²) in [7, 11) is 0.485. The van der Waals surface area contributed by atoms with Gasteiger partial charge in [-0.1, -0.05) is 59.0 Å². The maximum atomic E-state index is 14.1. The van der Waals surface area contributed by atoms with E-state index >= 15 is 0 Å². The average molecular weight is 416 g/mol. The van der Waals surface area contributed by atoms with Crippen molar-refractivity contribution in [2.45, 2.75) is 71.5 Å². The number of phenolic OH excluding ortho intramolecular Hbond substituents is 1. The number of phenols is 1. The molecule has 1 saturated heterocycles. The third-order valence-electron chi connectivity index (χ3n) is 6.11. The van der Waals surface area contributed by atoms with Crippen LogP contribution in [-0.2, 0) is 11.7 Å². The van der Waals surface area contributed by atoms with Gasteiger partial charge in [0.15, 0.2) is 0 Å². The van der Waals surface area contributed by atoms with Crippen LogP contribution in [0.25, 0.3) is 0 Å². The molecule has 1 fully saturated rings. The lowest BCUT2D eigenvalue weighted by molar-refractivity contribution is 0.221. The Morgan fingerprint density at radius 3 is 2.52 bits per heavy atom. The van der Waals surface area contributed by atoms with Crippen molar-refractivity contribution in [3.8, 4) is 5.75 Å². The van der Waals surface area contributed by atoms with Gasteiger partial charge in [0.05, 0.1) is 0 Å². The molecule has 2 aromatic carbocycles. The second-order valence-electron chi connectivity index (χ2n) is 8.82. The Morgan fingerprint density at radius 1 is 1.10 bits per heavy atom. The molecule has 1 aliphatic heterocycles. The van der Waals surface area contributed by atoms with E-state index in [1.54, 1.807) is 12.1 Å². The molecule has 0 aromatic heterocycles. The Balaban J connectivity index is 1.96. The predicted octanol–water partition coefficient (Wildman–Crippen LogP) is 6.15. The molecule has 0 aliphatic carbocycles. The fraction of sp³-hybridized carbons (Fsp3) is 0.520. The standard InChI is InChI=1S/C25H35FNOP/c1-5-11-25(4,22-15-18(2)14-19(3)24(22)28)29-23-10-9-21(26)16-20(23)17-27-12-7-6-8-13-27/h9-10,14-16,28-29H,5-8,11-13,17H2,1-4H3. The summed E-state index contributed by atoms with van der Waals surface area (Å²) < 4.78 is 14.1. The van der Waals surface area contributed by atoms with Gasteiger partial charge in [-0.3, -0.25) is 4.90 Å². The van der Waals surface area contributed by atoms with Crippen molar-refractivity contribution in [3.05, 3.63) is 58.4 Å². The van der Waals surface area contributed by atoms with Crippen LogP contribution in [0.4, 0.5) is 4.39 Å². The second kappa shape index (κ2) is 9.58. The van der Waals surface area contributed by atoms with Gasteiger partial charge in [0.25, 0.3) is 0 Å². The number of piperidine rings is 1. The van der Waals surface area contributed by atoms with E-state index < -0.39 is 0 Å². The van der Waals surface area contributed by atoms with Crippen molar-refractivity contribution in [1.29, 1.82) is 0 Å². The van der Waals surface area contributed by atoms with Crippen LogP contribution in [-0.4, -0.2) is 23.1 Å². The normalized spacial score (nSPS) is 17.7. The van der Waals surface area contributed by atoms with E-state index in [0.29, 0.717) is 14.3 Å². The molecular weight excluding hydrogens is 380 g/mol. The Bertz CT molecular complexity index is 847. The quantitative estimate of drug-likeness (QED) is 0.548. The molecule has 29 heavy (non-hydrogen) atoms. The van der Waals surface area contributed by atoms with Crippen molar-refractivity contribution in [2.24, 2.45) is 0 Å². The van der Waals surface area contributed by atoms with Gasteiger partial charge in [0.2, 0.25) is 0 Å². The first kappa shape index (κ1) is 22.2. The minimum absolute atomic E-state index is 0.156. The molecule has 2 atom stereocenters. The highest BCUT2D eigenvalue weighted by molar-refractivity contribution is 7.48. The summed E-state index contributed by atoms with van der Waals surface area (Å²) in [5.41, 5.74) is 4.25. The van der Waals surface area contributed by atoms with E-state index in [2.05, 4.69) is 31.7 Å². The third-order valence-corrected chi connectivity index (χ3v) is 7.94. The van der Waals surface area contributed by atoms with Gasteiger partial charge in [0, 0.05) is 17.3 Å². The zero-order chi connectivity index (χ0) is 21.0. The van der Waals surface area contributed by atoms with Gasteiger partial charge in [-0.05, 0) is 74.8 Å². The summed E-state index contributed by atoms with van der Waals surface area (Å²) in [4.78, 5) is 2.46. The molecule has 1 heterocycles. The number of aryl methyl sites for hydroxylation is 2. The fourth-order valence-electron chi connectivity index (χ4n) is 4.62. The van der Waals surface area contributed by atoms with Crippen LogP contribution < -0.4 is 5.30 Å². The number of rotatable bonds is 7. The maximum Gasteiger partial charge on any atom is 0.123 e. The molecule has 0 radical (unpaired) electrons. The highest BCUT2D eigenvalue weighted by atomic mass is 31.1. The number of nitrogens with zero attached hydrogens (tertiary/aromatic N) is 1. The first-order chi connectivity index (χ1) is 13.8. The molecule has 1 aliphatic rings. The molecule has 0 spiro atoms. The number of hydrogen-bond donors (Lipinski definition) is 1. The Labute approximate surface area is 177 Å². The molecule has 2 nitrogen and oxygen atoms in total. The van der Waals surface area contributed by atoms with Crippen LogP contribution in [0.1, 0.15) is 68.2 Å². The monoisotopic (exact) mass is 415 g/mol. The number of aromatic hydroxyl groups is 1. The highest BCUT2D eigenvalue weighted by Gasteiger charge is 2.31. The van der Waals surface area contributed by atoms with Crippen molar-refractivity contribution < 1.29 is 9.50 Å². The molecule has 0 amide bonds. The molecule has 2 aromatic rings. The Morgan fingerprint density at radius 2 is 1.83 bits per heavy atom. The number of hydrogen-bond acceptors (Lipinski definition) is 2. The summed E-state index contributed by atoms with van der Waals surface area (Å²) in [6.07, 6.45) is 5.80. The first-order valence-electron chi connectivity index (χ1n) is 10.9. The molecule has 0 bridgehead atoms. The third kappa shape index (κ3) is 5.38. The summed E-state index contributed by atoms with van der Waals surface area (Å²) in [6, 6.07) is 9.47. The molecular formula is C25H35FNOP. The van der Waals surface area contributed by atoms with E-state index in [-0.39, 0.29) is 11.0 Å². The maximum absolute atomic E-state index is 14.1. The van der Waals surface area contributed by atoms with Gasteiger partial charge >= 0.3 is 0 Å². The summed E-state index contributed by atoms with van der Waals surface area (Å²) in [5.74, 6) is 0.260. The van der Waals surface area contributed by atoms with Gasteiger partial charge < -0.3 is 5.11 Å². The lowest BCUT2D eigenvalue weighted by Crippen LogP contribution is -2.31. The fourth-order valence-corrected chi connectivity index (χ4v) is 6.39. The van der Waals surface area contributed by atoms with Crippen molar-refractivity contribution in [1.82, 2.24) is 4.90 Å². The second-order valence-corrected chi connectivity index (χ2v) is 10.7. The number of benzene rings is 2. The van der Waals surface area contributed by atoms with Crippen molar-refractivity contribution in [2.75, 3.05) is 13.1 Å². The van der Waals surface area contributed by atoms with Crippen molar-refractivity contribution in [3.63, 3.8) is 0 Å². The lowest BCUT2D eigenvalue weighted by atomic mass is 9.91. The Hall–Kier alpha value is -1.44. The largest absolute Gasteiger partial charge is 0.507 e. The van der Waals surface area contributed by atoms with Crippen molar-refractivity contribution >= 4 is 13.9 Å². The van der Waals surface area contributed by atoms with Crippen LogP contribution in [0.15, 0.2) is 30.3 Å². The highest BCUT2D eigenvalue weighted by Crippen LogP contribution is 2.49. The average Bonchev–Trinajstić information content (AvgIpc) is 2.68. The van der Waals surface area contributed by atoms with Crippen LogP contribution >= 0.6 is 8.58 Å². The van der Waals surface area contributed by atoms with Crippen LogP contribution in [0, 0.1) is 19.7 Å². The minimum atomic E-state index is -0.163. The van der Waals surface area contributed by atoms with Gasteiger partial charge in [0.1, 0.15) is 11.6 Å². The SMILES string of the molecule is CCCC(C)(Pc1ccc(F)cc1CN1CCCCC1)c1cc(C)cc(C)c1O. The number of halogens is 1. The van der Waals surface area contributed by atoms with Crippen LogP contribution in [0.5, 0.6) is 5.75 Å². The zero-order valence-electron chi connectivity index (χ0n) is 18.3. The predicted molar refractivity (Wildman–Crippen MR) is 123 cm³/mol. The topological polar surface area (TPSA) is 23.5 Å². The zero-order valence-corrected chi connectivity index (χ0v) is 19.3. The summed E-state index contributed by atoms with van der Waals surface area (Å²) >= 11 is 0. The smallest absolute Gasteiger partial charge is 0.123 e. The molecule has 1 N–H and O–H groups in total. The molecule has 3 rings (SSSR count). The summed E-state index contributed by atoms with van der Waals surface area (Å²) in [6.45, 7) is 11.5. The molecule has 158 valence electrons. The number of likely N-dealkylation sites (tertiary alicyclic amines) is 1. The first-order valence-corrected chi connectivity index (χ1v) is 11.9. The van der Waals surface area contributed by atoms with Gasteiger partial charge in [-0.15, -0.1) is 0 Å². The molecule has 2 unspecified atom stereocenters. The van der Waals surface area contributed by atoms with Crippen LogP contribution in [0.2, 0.25) is 0 Å². The van der Waals surface area contributed by atoms with E-state index in [4.69, 9.17) is 0 Å². The van der Waals surface area contributed by atoms with Crippen LogP contribution in [0.3, 0.4) is 0 Å². The minimum Gasteiger partial charge on any atom is -0.507 e. The summed E-state index contributed by atoms with van der Waals surface area (Å²) in [5, 5.41) is 11.9. The van der Waals surface area contributed by atoms with Gasteiger partial charge in [-0.2, -0.15) is 0 Å². The van der Waals surface area contributed by atoms with E-state index in [1.807, 2.05) is 19.1 Å². The van der Waals surface area contributed by atoms with E-state index in [1.165, 1.54) is 30.1 Å².